The summed E-state index contributed by atoms with van der Waals surface area (Å²) in [6.45, 7) is 3.31. The van der Waals surface area contributed by atoms with Crippen molar-refractivity contribution in [3.8, 4) is 0 Å². The van der Waals surface area contributed by atoms with Crippen molar-refractivity contribution < 1.29 is 9.00 Å². The third-order valence-electron chi connectivity index (χ3n) is 1.77. The summed E-state index contributed by atoms with van der Waals surface area (Å²) in [5.41, 5.74) is 1.86. The van der Waals surface area contributed by atoms with Crippen molar-refractivity contribution in [1.82, 2.24) is 0 Å². The van der Waals surface area contributed by atoms with Crippen LogP contribution in [0.5, 0.6) is 0 Å². The Bertz CT molecular complexity index is 439. The third kappa shape index (κ3) is 2.48. The minimum Gasteiger partial charge on any atom is -0.294 e. The van der Waals surface area contributed by atoms with Gasteiger partial charge < -0.3 is 0 Å². The number of ketones is 1. The molecule has 0 aliphatic carbocycles. The number of nitrogens with zero attached hydrogens (tertiary/aromatic N) is 1. The van der Waals surface area contributed by atoms with Crippen LogP contribution < -0.4 is 0 Å². The van der Waals surface area contributed by atoms with E-state index in [1.807, 2.05) is 13.0 Å². The van der Waals surface area contributed by atoms with Gasteiger partial charge in [0.25, 0.3) is 0 Å². The molecule has 0 N–H and O–H groups in total. The molecule has 0 bridgehead atoms. The van der Waals surface area contributed by atoms with Gasteiger partial charge in [0.2, 0.25) is 11.5 Å². The Morgan fingerprint density at radius 2 is 2.14 bits per heavy atom. The summed E-state index contributed by atoms with van der Waals surface area (Å²) in [5.74, 6) is -0.0700. The van der Waals surface area contributed by atoms with Gasteiger partial charge in [-0.05, 0) is 54.1 Å². The smallest absolute Gasteiger partial charge is 0.205 e. The minimum atomic E-state index is -0.0700. The van der Waals surface area contributed by atoms with E-state index in [2.05, 4.69) is 27.0 Å². The molecule has 74 valence electrons. The van der Waals surface area contributed by atoms with Crippen molar-refractivity contribution in [2.24, 2.45) is 4.36 Å². The fourth-order valence-corrected chi connectivity index (χ4v) is 2.26. The average molecular weight is 321 g/mol. The zero-order chi connectivity index (χ0) is 10.7. The Morgan fingerprint density at radius 1 is 1.50 bits per heavy atom. The molecule has 0 spiro atoms. The standard InChI is InChI=1S/C9H8INO2S/c1-5-3-7(10)4-8(6(2)12)9(5)11-14-13/h3-4H,1-2H3. The fourth-order valence-electron chi connectivity index (χ4n) is 1.16. The van der Waals surface area contributed by atoms with E-state index in [1.165, 1.54) is 6.92 Å². The topological polar surface area (TPSA) is 46.5 Å². The van der Waals surface area contributed by atoms with Crippen molar-refractivity contribution in [3.63, 3.8) is 0 Å². The van der Waals surface area contributed by atoms with Gasteiger partial charge >= 0.3 is 0 Å². The van der Waals surface area contributed by atoms with Crippen molar-refractivity contribution in [3.05, 3.63) is 26.8 Å². The van der Waals surface area contributed by atoms with Gasteiger partial charge in [-0.2, -0.15) is 8.57 Å². The van der Waals surface area contributed by atoms with Gasteiger partial charge in [-0.3, -0.25) is 4.79 Å². The number of hydrogen-bond acceptors (Lipinski definition) is 3. The quantitative estimate of drug-likeness (QED) is 0.621. The first-order valence-corrected chi connectivity index (χ1v) is 5.65. The number of Topliss-reactive ketones (excluding diaryl/α,β-unsaturated/α-hetero) is 1. The van der Waals surface area contributed by atoms with Crippen LogP contribution in [0.4, 0.5) is 5.69 Å². The molecule has 5 heteroatoms. The summed E-state index contributed by atoms with van der Waals surface area (Å²) in [6, 6.07) is 3.63. The zero-order valence-corrected chi connectivity index (χ0v) is 10.7. The maximum atomic E-state index is 11.3. The number of aryl methyl sites for hydroxylation is 1. The maximum absolute atomic E-state index is 11.3. The van der Waals surface area contributed by atoms with Crippen LogP contribution in [0.15, 0.2) is 16.5 Å². The van der Waals surface area contributed by atoms with Crippen LogP contribution >= 0.6 is 22.6 Å². The number of benzene rings is 1. The lowest BCUT2D eigenvalue weighted by atomic mass is 10.1. The molecule has 1 aromatic carbocycles. The normalized spacial score (nSPS) is 9.64. The van der Waals surface area contributed by atoms with E-state index in [-0.39, 0.29) is 17.2 Å². The number of carbonyl (C=O) groups is 1. The first-order chi connectivity index (χ1) is 6.56. The van der Waals surface area contributed by atoms with Crippen LogP contribution in [0.3, 0.4) is 0 Å². The van der Waals surface area contributed by atoms with E-state index >= 15 is 0 Å². The third-order valence-corrected chi connectivity index (χ3v) is 2.65. The molecule has 0 fully saturated rings. The molecule has 1 rings (SSSR count). The summed E-state index contributed by atoms with van der Waals surface area (Å²) in [7, 11) is 0. The molecule has 0 saturated carbocycles. The second-order valence-electron chi connectivity index (χ2n) is 2.84. The van der Waals surface area contributed by atoms with Crippen LogP contribution in [0, 0.1) is 10.5 Å². The van der Waals surface area contributed by atoms with Crippen molar-refractivity contribution >= 4 is 45.5 Å². The van der Waals surface area contributed by atoms with E-state index in [0.717, 1.165) is 9.13 Å². The van der Waals surface area contributed by atoms with Gasteiger partial charge in [-0.15, -0.1) is 0 Å². The molecule has 3 nitrogen and oxygen atoms in total. The second-order valence-corrected chi connectivity index (χ2v) is 4.42. The van der Waals surface area contributed by atoms with Crippen LogP contribution in [0.1, 0.15) is 22.8 Å². The summed E-state index contributed by atoms with van der Waals surface area (Å²) >= 11 is 2.26. The Hall–Kier alpha value is -0.560. The van der Waals surface area contributed by atoms with Crippen LogP contribution in [0.25, 0.3) is 0 Å². The lowest BCUT2D eigenvalue weighted by molar-refractivity contribution is 0.101. The van der Waals surface area contributed by atoms with E-state index in [4.69, 9.17) is 0 Å². The number of hydrogen-bond donors (Lipinski definition) is 0. The fraction of sp³-hybridized carbons (Fsp3) is 0.222. The molecule has 0 aliphatic heterocycles. The van der Waals surface area contributed by atoms with Crippen molar-refractivity contribution in [2.45, 2.75) is 13.8 Å². The molecular weight excluding hydrogens is 313 g/mol. The largest absolute Gasteiger partial charge is 0.294 e. The number of rotatable bonds is 2. The highest BCUT2D eigenvalue weighted by atomic mass is 127. The maximum Gasteiger partial charge on any atom is 0.205 e. The second kappa shape index (κ2) is 4.79. The monoisotopic (exact) mass is 321 g/mol. The van der Waals surface area contributed by atoms with Gasteiger partial charge in [-0.1, -0.05) is 0 Å². The first kappa shape index (κ1) is 11.5. The predicted octanol–water partition coefficient (Wildman–Crippen LogP) is 2.83. The van der Waals surface area contributed by atoms with Crippen molar-refractivity contribution in [1.29, 1.82) is 0 Å². The molecule has 0 radical (unpaired) electrons. The summed E-state index contributed by atoms with van der Waals surface area (Å²) in [4.78, 5) is 11.3. The Labute approximate surface area is 99.3 Å². The highest BCUT2D eigenvalue weighted by molar-refractivity contribution is 14.1. The first-order valence-electron chi connectivity index (χ1n) is 3.87. The molecule has 1 aromatic rings. The van der Waals surface area contributed by atoms with Gasteiger partial charge in [0.05, 0.1) is 5.69 Å². The molecule has 0 unspecified atom stereocenters. The molecule has 0 aliphatic rings. The van der Waals surface area contributed by atoms with Gasteiger partial charge in [0.1, 0.15) is 0 Å². The number of halogens is 1. The predicted molar refractivity (Wildman–Crippen MR) is 64.1 cm³/mol. The summed E-state index contributed by atoms with van der Waals surface area (Å²) in [6.07, 6.45) is 0. The lowest BCUT2D eigenvalue weighted by Crippen LogP contribution is -1.95. The van der Waals surface area contributed by atoms with Crippen molar-refractivity contribution in [2.75, 3.05) is 0 Å². The highest BCUT2D eigenvalue weighted by Crippen LogP contribution is 2.26. The Morgan fingerprint density at radius 3 is 2.64 bits per heavy atom. The lowest BCUT2D eigenvalue weighted by Gasteiger charge is -2.04. The van der Waals surface area contributed by atoms with E-state index < -0.39 is 0 Å². The van der Waals surface area contributed by atoms with E-state index in [9.17, 15) is 9.00 Å². The van der Waals surface area contributed by atoms with Gasteiger partial charge in [-0.25, -0.2) is 0 Å². The molecule has 0 aromatic heterocycles. The van der Waals surface area contributed by atoms with Gasteiger partial charge in [0.15, 0.2) is 5.78 Å². The minimum absolute atomic E-state index is 0.0700. The SMILES string of the molecule is CC(=O)c1cc(I)cc(C)c1N=S=O. The van der Waals surface area contributed by atoms with Gasteiger partial charge in [0, 0.05) is 9.13 Å². The van der Waals surface area contributed by atoms with Crippen LogP contribution in [-0.2, 0) is 11.5 Å². The van der Waals surface area contributed by atoms with E-state index in [1.54, 1.807) is 6.07 Å². The van der Waals surface area contributed by atoms with Crippen LogP contribution in [-0.4, -0.2) is 9.99 Å². The summed E-state index contributed by atoms with van der Waals surface area (Å²) < 4.78 is 15.0. The summed E-state index contributed by atoms with van der Waals surface area (Å²) in [5, 5.41) is 0. The average Bonchev–Trinajstić information content (AvgIpc) is 2.09. The molecule has 14 heavy (non-hydrogen) atoms. The molecule has 0 saturated heterocycles. The molecule has 0 heterocycles. The van der Waals surface area contributed by atoms with E-state index in [0.29, 0.717) is 11.3 Å². The highest BCUT2D eigenvalue weighted by Gasteiger charge is 2.10. The van der Waals surface area contributed by atoms with Crippen LogP contribution in [0.2, 0.25) is 0 Å². The number of carbonyl (C=O) groups excluding carboxylic acids is 1. The Kier molecular flexibility index (Phi) is 3.94. The molecule has 0 amide bonds. The Balaban J connectivity index is 3.51. The molecular formula is C9H8INO2S. The molecule has 0 atom stereocenters. The zero-order valence-electron chi connectivity index (χ0n) is 7.70.